The Morgan fingerprint density at radius 3 is 2.79 bits per heavy atom. The maximum Gasteiger partial charge on any atom is 0.164 e. The largest absolute Gasteiger partial charge is 0.330 e. The Hall–Kier alpha value is -0.930. The van der Waals surface area contributed by atoms with Crippen molar-refractivity contribution in [1.82, 2.24) is 0 Å². The fourth-order valence-corrected chi connectivity index (χ4v) is 1.38. The lowest BCUT2D eigenvalue weighted by molar-refractivity contribution is 0.0985. The van der Waals surface area contributed by atoms with Gasteiger partial charge in [-0.3, -0.25) is 4.79 Å². The third-order valence-corrected chi connectivity index (χ3v) is 2.48. The summed E-state index contributed by atoms with van der Waals surface area (Å²) in [6.07, 6.45) is 0.253. The minimum atomic E-state index is -0.506. The lowest BCUT2D eigenvalue weighted by atomic mass is 10.0. The minimum Gasteiger partial charge on any atom is -0.330 e. The highest BCUT2D eigenvalue weighted by molar-refractivity contribution is 6.32. The van der Waals surface area contributed by atoms with Gasteiger partial charge in [0, 0.05) is 12.0 Å². The van der Waals surface area contributed by atoms with Gasteiger partial charge >= 0.3 is 0 Å². The third-order valence-electron chi connectivity index (χ3n) is 2.01. The van der Waals surface area contributed by atoms with Crippen LogP contribution in [0.15, 0.2) is 12.1 Å². The Labute approximate surface area is 86.9 Å². The quantitative estimate of drug-likeness (QED) is 0.787. The van der Waals surface area contributed by atoms with E-state index in [1.165, 1.54) is 12.1 Å². The molecule has 0 saturated carbocycles. The van der Waals surface area contributed by atoms with Crippen molar-refractivity contribution in [3.8, 4) is 0 Å². The van der Waals surface area contributed by atoms with E-state index < -0.39 is 5.82 Å². The van der Waals surface area contributed by atoms with Crippen LogP contribution in [0.2, 0.25) is 5.02 Å². The average molecular weight is 216 g/mol. The molecule has 0 amide bonds. The molecule has 2 N–H and O–H groups in total. The second kappa shape index (κ2) is 4.53. The Bertz CT molecular complexity index is 365. The van der Waals surface area contributed by atoms with Crippen molar-refractivity contribution in [3.63, 3.8) is 0 Å². The van der Waals surface area contributed by atoms with E-state index in [4.69, 9.17) is 17.3 Å². The highest BCUT2D eigenvalue weighted by Crippen LogP contribution is 2.23. The fraction of sp³-hybridized carbons (Fsp3) is 0.300. The number of benzene rings is 1. The molecular formula is C10H11ClFNO. The van der Waals surface area contributed by atoms with Crippen LogP contribution in [-0.4, -0.2) is 12.3 Å². The number of hydrogen-bond donors (Lipinski definition) is 1. The SMILES string of the molecule is Cc1c(C(=O)CCN)ccc(F)c1Cl. The Balaban J connectivity index is 3.11. The predicted octanol–water partition coefficient (Wildman–Crippen LogP) is 2.32. The summed E-state index contributed by atoms with van der Waals surface area (Å²) >= 11 is 5.67. The molecule has 0 fully saturated rings. The molecule has 14 heavy (non-hydrogen) atoms. The molecule has 2 nitrogen and oxygen atoms in total. The van der Waals surface area contributed by atoms with Crippen LogP contribution in [0.1, 0.15) is 22.3 Å². The lowest BCUT2D eigenvalue weighted by Crippen LogP contribution is -2.09. The number of halogens is 2. The van der Waals surface area contributed by atoms with Gasteiger partial charge in [-0.2, -0.15) is 0 Å². The molecule has 0 saturated heterocycles. The molecule has 0 heterocycles. The molecule has 0 unspecified atom stereocenters. The molecule has 0 atom stereocenters. The van der Waals surface area contributed by atoms with Crippen molar-refractivity contribution >= 4 is 17.4 Å². The van der Waals surface area contributed by atoms with Gasteiger partial charge in [0.25, 0.3) is 0 Å². The van der Waals surface area contributed by atoms with Crippen molar-refractivity contribution in [2.75, 3.05) is 6.54 Å². The van der Waals surface area contributed by atoms with Gasteiger partial charge in [0.1, 0.15) is 5.82 Å². The van der Waals surface area contributed by atoms with E-state index in [-0.39, 0.29) is 23.8 Å². The van der Waals surface area contributed by atoms with Gasteiger partial charge in [-0.1, -0.05) is 11.6 Å². The van der Waals surface area contributed by atoms with Crippen molar-refractivity contribution in [3.05, 3.63) is 34.1 Å². The van der Waals surface area contributed by atoms with Crippen molar-refractivity contribution < 1.29 is 9.18 Å². The lowest BCUT2D eigenvalue weighted by Gasteiger charge is -2.06. The van der Waals surface area contributed by atoms with E-state index in [2.05, 4.69) is 0 Å². The van der Waals surface area contributed by atoms with Crippen LogP contribution < -0.4 is 5.73 Å². The standard InChI is InChI=1S/C10H11ClFNO/c1-6-7(9(14)4-5-13)2-3-8(12)10(6)11/h2-3H,4-5,13H2,1H3. The molecule has 0 aliphatic heterocycles. The van der Waals surface area contributed by atoms with E-state index in [0.717, 1.165) is 0 Å². The fourth-order valence-electron chi connectivity index (χ4n) is 1.22. The molecule has 1 aromatic carbocycles. The van der Waals surface area contributed by atoms with Gasteiger partial charge in [0.2, 0.25) is 0 Å². The topological polar surface area (TPSA) is 43.1 Å². The van der Waals surface area contributed by atoms with Crippen LogP contribution in [0.4, 0.5) is 4.39 Å². The summed E-state index contributed by atoms with van der Waals surface area (Å²) in [5.41, 5.74) is 6.18. The first-order chi connectivity index (χ1) is 6.57. The number of ketones is 1. The molecule has 76 valence electrons. The maximum atomic E-state index is 12.9. The average Bonchev–Trinajstić information content (AvgIpc) is 2.15. The first kappa shape index (κ1) is 11.1. The highest BCUT2D eigenvalue weighted by Gasteiger charge is 2.12. The number of nitrogens with two attached hydrogens (primary N) is 1. The number of hydrogen-bond acceptors (Lipinski definition) is 2. The molecular weight excluding hydrogens is 205 g/mol. The summed E-state index contributed by atoms with van der Waals surface area (Å²) in [7, 11) is 0. The second-order valence-electron chi connectivity index (χ2n) is 3.00. The smallest absolute Gasteiger partial charge is 0.164 e. The van der Waals surface area contributed by atoms with Gasteiger partial charge in [-0.15, -0.1) is 0 Å². The molecule has 1 aromatic rings. The van der Waals surface area contributed by atoms with Gasteiger partial charge in [0.15, 0.2) is 5.78 Å². The van der Waals surface area contributed by atoms with E-state index in [1.807, 2.05) is 0 Å². The summed E-state index contributed by atoms with van der Waals surface area (Å²) < 4.78 is 12.9. The van der Waals surface area contributed by atoms with Crippen molar-refractivity contribution in [2.45, 2.75) is 13.3 Å². The van der Waals surface area contributed by atoms with Gasteiger partial charge < -0.3 is 5.73 Å². The molecule has 0 aliphatic rings. The second-order valence-corrected chi connectivity index (χ2v) is 3.37. The number of carbonyl (C=O) groups is 1. The molecule has 0 bridgehead atoms. The normalized spacial score (nSPS) is 10.3. The van der Waals surface area contributed by atoms with Crippen LogP contribution in [0.5, 0.6) is 0 Å². The van der Waals surface area contributed by atoms with Crippen LogP contribution in [0.25, 0.3) is 0 Å². The first-order valence-corrected chi connectivity index (χ1v) is 4.63. The Kier molecular flexibility index (Phi) is 3.61. The maximum absolute atomic E-state index is 12.9. The van der Waals surface area contributed by atoms with Crippen LogP contribution in [0, 0.1) is 12.7 Å². The molecule has 0 radical (unpaired) electrons. The van der Waals surface area contributed by atoms with E-state index in [1.54, 1.807) is 6.92 Å². The van der Waals surface area contributed by atoms with Crippen LogP contribution in [0.3, 0.4) is 0 Å². The van der Waals surface area contributed by atoms with Crippen LogP contribution >= 0.6 is 11.6 Å². The monoisotopic (exact) mass is 215 g/mol. The third kappa shape index (κ3) is 2.11. The predicted molar refractivity (Wildman–Crippen MR) is 54.1 cm³/mol. The van der Waals surface area contributed by atoms with E-state index >= 15 is 0 Å². The zero-order valence-corrected chi connectivity index (χ0v) is 8.57. The molecule has 0 aliphatic carbocycles. The number of Topliss-reactive ketones (excluding diaryl/α,β-unsaturated/α-hetero) is 1. The van der Waals surface area contributed by atoms with Crippen molar-refractivity contribution in [1.29, 1.82) is 0 Å². The van der Waals surface area contributed by atoms with Crippen molar-refractivity contribution in [2.24, 2.45) is 5.73 Å². The summed E-state index contributed by atoms with van der Waals surface area (Å²) in [6, 6.07) is 2.63. The Morgan fingerprint density at radius 2 is 2.21 bits per heavy atom. The molecule has 0 aromatic heterocycles. The first-order valence-electron chi connectivity index (χ1n) is 4.25. The summed E-state index contributed by atoms with van der Waals surface area (Å²) in [6.45, 7) is 1.91. The van der Waals surface area contributed by atoms with Gasteiger partial charge in [-0.05, 0) is 31.2 Å². The van der Waals surface area contributed by atoms with Crippen LogP contribution in [-0.2, 0) is 0 Å². The van der Waals surface area contributed by atoms with E-state index in [9.17, 15) is 9.18 Å². The van der Waals surface area contributed by atoms with Gasteiger partial charge in [-0.25, -0.2) is 4.39 Å². The summed E-state index contributed by atoms with van der Waals surface area (Å²) in [5, 5.41) is 0.00729. The zero-order valence-electron chi connectivity index (χ0n) is 7.81. The van der Waals surface area contributed by atoms with Gasteiger partial charge in [0.05, 0.1) is 5.02 Å². The molecule has 0 spiro atoms. The van der Waals surface area contributed by atoms with E-state index in [0.29, 0.717) is 11.1 Å². The minimum absolute atomic E-state index is 0.00729. The number of carbonyl (C=O) groups excluding carboxylic acids is 1. The summed E-state index contributed by atoms with van der Waals surface area (Å²) in [4.78, 5) is 11.5. The number of rotatable bonds is 3. The summed E-state index contributed by atoms with van der Waals surface area (Å²) in [5.74, 6) is -0.611. The zero-order chi connectivity index (χ0) is 10.7. The molecule has 1 rings (SSSR count). The highest BCUT2D eigenvalue weighted by atomic mass is 35.5. The molecule has 4 heteroatoms. The Morgan fingerprint density at radius 1 is 1.57 bits per heavy atom.